The van der Waals surface area contributed by atoms with Crippen molar-refractivity contribution in [3.05, 3.63) is 0 Å². The molecular weight excluding hydrogens is 212 g/mol. The van der Waals surface area contributed by atoms with Gasteiger partial charge in [-0.25, -0.2) is 9.80 Å². The number of carbonyl (C=O) groups excluding carboxylic acids is 3. The van der Waals surface area contributed by atoms with Gasteiger partial charge in [-0.15, -0.1) is 0 Å². The quantitative estimate of drug-likeness (QED) is 0.558. The fourth-order valence-electron chi connectivity index (χ4n) is 1.82. The smallest absolute Gasteiger partial charge is 0.304 e. The van der Waals surface area contributed by atoms with Gasteiger partial charge in [0.2, 0.25) is 5.91 Å². The van der Waals surface area contributed by atoms with Crippen LogP contribution in [0, 0.1) is 0 Å². The van der Waals surface area contributed by atoms with Gasteiger partial charge in [-0.1, -0.05) is 0 Å². The van der Waals surface area contributed by atoms with Crippen LogP contribution in [0.15, 0.2) is 0 Å². The number of likely N-dealkylation sites (N-methyl/N-ethyl adjacent to an activating group) is 1. The number of barbiturate groups is 1. The molecule has 88 valence electrons. The SMILES string of the molecule is CN1CCN(N2C(=O)CC(=O)NC2=O)CC1. The monoisotopic (exact) mass is 226 g/mol. The standard InChI is InChI=1S/C9H14N4O3/c1-11-2-4-12(5-3-11)13-8(15)6-7(14)10-9(13)16/h2-6H2,1H3,(H,10,14,16). The van der Waals surface area contributed by atoms with Crippen LogP contribution in [0.5, 0.6) is 0 Å². The summed E-state index contributed by atoms with van der Waals surface area (Å²) in [6, 6.07) is -0.634. The normalized spacial score (nSPS) is 24.8. The predicted molar refractivity (Wildman–Crippen MR) is 54.1 cm³/mol. The molecule has 7 heteroatoms. The maximum Gasteiger partial charge on any atom is 0.345 e. The molecule has 2 fully saturated rings. The number of piperazine rings is 1. The molecule has 0 unspecified atom stereocenters. The van der Waals surface area contributed by atoms with Crippen LogP contribution < -0.4 is 5.32 Å². The number of nitrogens with zero attached hydrogens (tertiary/aromatic N) is 3. The predicted octanol–water partition coefficient (Wildman–Crippen LogP) is -1.38. The highest BCUT2D eigenvalue weighted by Gasteiger charge is 2.36. The number of hydrogen-bond donors (Lipinski definition) is 1. The van der Waals surface area contributed by atoms with E-state index in [9.17, 15) is 14.4 Å². The van der Waals surface area contributed by atoms with Gasteiger partial charge in [-0.3, -0.25) is 14.9 Å². The Balaban J connectivity index is 2.05. The Labute approximate surface area is 92.9 Å². The van der Waals surface area contributed by atoms with Crippen molar-refractivity contribution >= 4 is 17.8 Å². The van der Waals surface area contributed by atoms with Gasteiger partial charge in [0, 0.05) is 26.2 Å². The van der Waals surface area contributed by atoms with Crippen molar-refractivity contribution in [2.45, 2.75) is 6.42 Å². The Kier molecular flexibility index (Phi) is 2.88. The van der Waals surface area contributed by atoms with E-state index in [1.165, 1.54) is 0 Å². The summed E-state index contributed by atoms with van der Waals surface area (Å²) in [6.45, 7) is 2.82. The minimum Gasteiger partial charge on any atom is -0.304 e. The highest BCUT2D eigenvalue weighted by Crippen LogP contribution is 2.10. The van der Waals surface area contributed by atoms with Crippen LogP contribution >= 0.6 is 0 Å². The maximum absolute atomic E-state index is 11.6. The van der Waals surface area contributed by atoms with E-state index in [0.717, 1.165) is 18.1 Å². The molecule has 1 N–H and O–H groups in total. The van der Waals surface area contributed by atoms with Crippen molar-refractivity contribution in [1.29, 1.82) is 0 Å². The summed E-state index contributed by atoms with van der Waals surface area (Å²) < 4.78 is 0. The molecule has 2 saturated heterocycles. The third-order valence-corrected chi connectivity index (χ3v) is 2.75. The van der Waals surface area contributed by atoms with Gasteiger partial charge in [-0.05, 0) is 7.05 Å². The summed E-state index contributed by atoms with van der Waals surface area (Å²) in [6.07, 6.45) is -0.252. The highest BCUT2D eigenvalue weighted by atomic mass is 16.2. The van der Waals surface area contributed by atoms with Gasteiger partial charge >= 0.3 is 6.03 Å². The Bertz CT molecular complexity index is 316. The van der Waals surface area contributed by atoms with Gasteiger partial charge in [0.05, 0.1) is 0 Å². The maximum atomic E-state index is 11.6. The lowest BCUT2D eigenvalue weighted by molar-refractivity contribution is -0.149. The molecule has 0 bridgehead atoms. The Morgan fingerprint density at radius 1 is 1.06 bits per heavy atom. The molecule has 16 heavy (non-hydrogen) atoms. The summed E-state index contributed by atoms with van der Waals surface area (Å²) >= 11 is 0. The van der Waals surface area contributed by atoms with E-state index in [1.54, 1.807) is 5.01 Å². The van der Waals surface area contributed by atoms with Crippen LogP contribution in [0.3, 0.4) is 0 Å². The van der Waals surface area contributed by atoms with Crippen LogP contribution in [0.1, 0.15) is 6.42 Å². The topological polar surface area (TPSA) is 73.0 Å². The molecule has 0 spiro atoms. The fraction of sp³-hybridized carbons (Fsp3) is 0.667. The van der Waals surface area contributed by atoms with Crippen molar-refractivity contribution in [3.63, 3.8) is 0 Å². The van der Waals surface area contributed by atoms with Crippen LogP contribution in [0.25, 0.3) is 0 Å². The summed E-state index contributed by atoms with van der Waals surface area (Å²) in [5.41, 5.74) is 0. The van der Waals surface area contributed by atoms with E-state index in [4.69, 9.17) is 0 Å². The lowest BCUT2D eigenvalue weighted by atomic mass is 10.3. The minimum atomic E-state index is -0.634. The van der Waals surface area contributed by atoms with Crippen molar-refractivity contribution < 1.29 is 14.4 Å². The zero-order chi connectivity index (χ0) is 11.7. The third-order valence-electron chi connectivity index (χ3n) is 2.75. The van der Waals surface area contributed by atoms with Crippen LogP contribution in [-0.2, 0) is 9.59 Å². The van der Waals surface area contributed by atoms with Crippen LogP contribution in [0.4, 0.5) is 4.79 Å². The third kappa shape index (κ3) is 2.05. The number of imide groups is 2. The number of carbonyl (C=O) groups is 3. The van der Waals surface area contributed by atoms with Crippen molar-refractivity contribution in [2.75, 3.05) is 33.2 Å². The van der Waals surface area contributed by atoms with Crippen molar-refractivity contribution in [3.8, 4) is 0 Å². The van der Waals surface area contributed by atoms with Gasteiger partial charge in [0.1, 0.15) is 6.42 Å². The number of hydrogen-bond acceptors (Lipinski definition) is 5. The van der Waals surface area contributed by atoms with Crippen LogP contribution in [0.2, 0.25) is 0 Å². The molecule has 0 saturated carbocycles. The Hall–Kier alpha value is -1.47. The summed E-state index contributed by atoms with van der Waals surface area (Å²) in [4.78, 5) is 36.2. The molecule has 0 atom stereocenters. The first-order valence-corrected chi connectivity index (χ1v) is 5.18. The second-order valence-electron chi connectivity index (χ2n) is 3.99. The lowest BCUT2D eigenvalue weighted by Gasteiger charge is -2.39. The van der Waals surface area contributed by atoms with E-state index in [-0.39, 0.29) is 6.42 Å². The van der Waals surface area contributed by atoms with E-state index in [0.29, 0.717) is 13.1 Å². The number of hydrazine groups is 1. The average molecular weight is 226 g/mol. The second-order valence-corrected chi connectivity index (χ2v) is 3.99. The van der Waals surface area contributed by atoms with Gasteiger partial charge in [0.25, 0.3) is 5.91 Å². The Morgan fingerprint density at radius 2 is 1.69 bits per heavy atom. The van der Waals surface area contributed by atoms with E-state index in [1.807, 2.05) is 7.05 Å². The van der Waals surface area contributed by atoms with E-state index >= 15 is 0 Å². The average Bonchev–Trinajstić information content (AvgIpc) is 2.19. The lowest BCUT2D eigenvalue weighted by Crippen LogP contribution is -2.63. The number of amides is 4. The van der Waals surface area contributed by atoms with E-state index in [2.05, 4.69) is 10.2 Å². The Morgan fingerprint density at radius 3 is 2.25 bits per heavy atom. The van der Waals surface area contributed by atoms with Crippen LogP contribution in [-0.4, -0.2) is 66.0 Å². The zero-order valence-electron chi connectivity index (χ0n) is 9.10. The summed E-state index contributed by atoms with van der Waals surface area (Å²) in [5.74, 6) is -0.973. The van der Waals surface area contributed by atoms with Gasteiger partial charge < -0.3 is 4.90 Å². The molecule has 0 aromatic rings. The summed E-state index contributed by atoms with van der Waals surface area (Å²) in [5, 5.41) is 4.87. The largest absolute Gasteiger partial charge is 0.345 e. The molecule has 2 heterocycles. The first kappa shape index (κ1) is 11.0. The molecule has 2 aliphatic heterocycles. The number of rotatable bonds is 1. The van der Waals surface area contributed by atoms with Crippen molar-refractivity contribution in [1.82, 2.24) is 20.2 Å². The van der Waals surface area contributed by atoms with Gasteiger partial charge in [0.15, 0.2) is 0 Å². The fourth-order valence-corrected chi connectivity index (χ4v) is 1.82. The minimum absolute atomic E-state index is 0.252. The molecule has 0 aromatic heterocycles. The van der Waals surface area contributed by atoms with Crippen molar-refractivity contribution in [2.24, 2.45) is 0 Å². The molecular formula is C9H14N4O3. The second kappa shape index (κ2) is 4.18. The number of nitrogens with one attached hydrogen (secondary N) is 1. The molecule has 0 aromatic carbocycles. The molecule has 7 nitrogen and oxygen atoms in total. The zero-order valence-corrected chi connectivity index (χ0v) is 9.10. The molecule has 4 amide bonds. The molecule has 2 rings (SSSR count). The molecule has 0 radical (unpaired) electrons. The summed E-state index contributed by atoms with van der Waals surface area (Å²) in [7, 11) is 1.99. The van der Waals surface area contributed by atoms with E-state index < -0.39 is 17.8 Å². The first-order chi connectivity index (χ1) is 7.58. The molecule has 0 aliphatic carbocycles. The highest BCUT2D eigenvalue weighted by molar-refractivity contribution is 6.13. The van der Waals surface area contributed by atoms with Gasteiger partial charge in [-0.2, -0.15) is 5.01 Å². The number of urea groups is 1. The first-order valence-electron chi connectivity index (χ1n) is 5.18. The molecule has 2 aliphatic rings.